The second-order valence-corrected chi connectivity index (χ2v) is 8.97. The molecule has 4 rings (SSSR count). The van der Waals surface area contributed by atoms with Gasteiger partial charge in [-0.25, -0.2) is 4.99 Å². The monoisotopic (exact) mass is 482 g/mol. The molecule has 3 aromatic rings. The highest BCUT2D eigenvalue weighted by Crippen LogP contribution is 2.29. The van der Waals surface area contributed by atoms with Crippen LogP contribution in [0.15, 0.2) is 76.6 Å². The predicted molar refractivity (Wildman–Crippen MR) is 134 cm³/mol. The minimum Gasteiger partial charge on any atom is -0.489 e. The maximum absolute atomic E-state index is 12.3. The topological polar surface area (TPSA) is 50.7 Å². The van der Waals surface area contributed by atoms with Gasteiger partial charge in [-0.3, -0.25) is 4.79 Å². The van der Waals surface area contributed by atoms with Crippen LogP contribution in [-0.2, 0) is 17.8 Å². The van der Waals surface area contributed by atoms with E-state index in [4.69, 9.17) is 27.9 Å². The molecule has 0 unspecified atom stereocenters. The molecule has 0 bridgehead atoms. The zero-order valence-corrected chi connectivity index (χ0v) is 19.6. The number of amides is 1. The molecule has 32 heavy (non-hydrogen) atoms. The van der Waals surface area contributed by atoms with Gasteiger partial charge in [-0.1, -0.05) is 60.5 Å². The lowest BCUT2D eigenvalue weighted by Crippen LogP contribution is -2.19. The summed E-state index contributed by atoms with van der Waals surface area (Å²) in [6, 6.07) is 20.8. The van der Waals surface area contributed by atoms with Crippen LogP contribution in [0.25, 0.3) is 6.08 Å². The van der Waals surface area contributed by atoms with Crippen molar-refractivity contribution in [2.75, 3.05) is 0 Å². The van der Waals surface area contributed by atoms with Crippen LogP contribution >= 0.6 is 35.0 Å². The Hall–Kier alpha value is -2.73. The number of halogens is 2. The van der Waals surface area contributed by atoms with E-state index in [0.717, 1.165) is 23.2 Å². The number of hydrogen-bond donors (Lipinski definition) is 1. The van der Waals surface area contributed by atoms with Gasteiger partial charge in [-0.15, -0.1) is 0 Å². The maximum atomic E-state index is 12.3. The van der Waals surface area contributed by atoms with E-state index >= 15 is 0 Å². The van der Waals surface area contributed by atoms with Crippen LogP contribution in [-0.4, -0.2) is 11.1 Å². The molecule has 162 valence electrons. The van der Waals surface area contributed by atoms with Gasteiger partial charge < -0.3 is 10.1 Å². The van der Waals surface area contributed by atoms with Crippen molar-refractivity contribution in [1.82, 2.24) is 5.32 Å². The molecule has 1 heterocycles. The number of hydrogen-bond acceptors (Lipinski definition) is 4. The lowest BCUT2D eigenvalue weighted by Gasteiger charge is -2.08. The summed E-state index contributed by atoms with van der Waals surface area (Å²) in [7, 11) is 0. The highest BCUT2D eigenvalue weighted by atomic mass is 35.5. The molecule has 3 aromatic carbocycles. The first-order valence-corrected chi connectivity index (χ1v) is 11.6. The van der Waals surface area contributed by atoms with Crippen LogP contribution in [0.1, 0.15) is 23.6 Å². The minimum atomic E-state index is -0.156. The van der Waals surface area contributed by atoms with Crippen LogP contribution in [0.5, 0.6) is 5.75 Å². The van der Waals surface area contributed by atoms with Gasteiger partial charge in [-0.05, 0) is 71.8 Å². The normalized spacial score (nSPS) is 15.9. The van der Waals surface area contributed by atoms with Crippen LogP contribution < -0.4 is 10.1 Å². The molecule has 0 aliphatic carbocycles. The van der Waals surface area contributed by atoms with Crippen molar-refractivity contribution in [3.05, 3.63) is 98.4 Å². The summed E-state index contributed by atoms with van der Waals surface area (Å²) in [6.45, 7) is 2.45. The van der Waals surface area contributed by atoms with Gasteiger partial charge in [0.15, 0.2) is 5.17 Å². The van der Waals surface area contributed by atoms with E-state index < -0.39 is 0 Å². The molecule has 0 saturated carbocycles. The number of aliphatic imine (C=N–C) groups is 1. The third-order valence-corrected chi connectivity index (χ3v) is 6.31. The van der Waals surface area contributed by atoms with E-state index in [1.165, 1.54) is 17.3 Å². The number of thioether (sulfide) groups is 1. The molecule has 0 aromatic heterocycles. The molecule has 1 N–H and O–H groups in total. The number of ether oxygens (including phenoxy) is 1. The first-order valence-electron chi connectivity index (χ1n) is 10.1. The largest absolute Gasteiger partial charge is 0.489 e. The molecule has 7 heteroatoms. The number of carbonyl (C=O) groups is 1. The second kappa shape index (κ2) is 10.3. The van der Waals surface area contributed by atoms with Gasteiger partial charge in [0.25, 0.3) is 5.91 Å². The van der Waals surface area contributed by atoms with E-state index in [-0.39, 0.29) is 5.91 Å². The van der Waals surface area contributed by atoms with E-state index in [2.05, 4.69) is 17.2 Å². The Morgan fingerprint density at radius 3 is 2.47 bits per heavy atom. The van der Waals surface area contributed by atoms with Crippen LogP contribution in [0.4, 0.5) is 5.69 Å². The highest BCUT2D eigenvalue weighted by Gasteiger charge is 2.23. The zero-order chi connectivity index (χ0) is 22.5. The maximum Gasteiger partial charge on any atom is 0.264 e. The van der Waals surface area contributed by atoms with Crippen LogP contribution in [0.2, 0.25) is 10.0 Å². The molecule has 1 aliphatic heterocycles. The summed E-state index contributed by atoms with van der Waals surface area (Å²) < 4.78 is 5.81. The SMILES string of the molecule is CCc1ccc(N=C2NC(=O)/C(=C/c3ccc(OCc4ccc(Cl)cc4Cl)cc3)S2)cc1. The quantitative estimate of drug-likeness (QED) is 0.383. The lowest BCUT2D eigenvalue weighted by molar-refractivity contribution is -0.115. The van der Waals surface area contributed by atoms with E-state index in [1.807, 2.05) is 60.7 Å². The van der Waals surface area contributed by atoms with Gasteiger partial charge >= 0.3 is 0 Å². The van der Waals surface area contributed by atoms with Gasteiger partial charge in [0.05, 0.1) is 10.6 Å². The van der Waals surface area contributed by atoms with Crippen molar-refractivity contribution < 1.29 is 9.53 Å². The summed E-state index contributed by atoms with van der Waals surface area (Å²) in [6.07, 6.45) is 2.82. The summed E-state index contributed by atoms with van der Waals surface area (Å²) >= 11 is 13.4. The molecule has 0 spiro atoms. The second-order valence-electron chi connectivity index (χ2n) is 7.10. The van der Waals surface area contributed by atoms with Crippen molar-refractivity contribution in [2.45, 2.75) is 20.0 Å². The Morgan fingerprint density at radius 2 is 1.78 bits per heavy atom. The van der Waals surface area contributed by atoms with Crippen molar-refractivity contribution >= 4 is 57.8 Å². The molecule has 1 aliphatic rings. The summed E-state index contributed by atoms with van der Waals surface area (Å²) in [4.78, 5) is 17.5. The van der Waals surface area contributed by atoms with Crippen molar-refractivity contribution in [1.29, 1.82) is 0 Å². The molecule has 0 atom stereocenters. The third-order valence-electron chi connectivity index (χ3n) is 4.81. The Balaban J connectivity index is 1.40. The molecule has 1 saturated heterocycles. The minimum absolute atomic E-state index is 0.156. The number of carbonyl (C=O) groups excluding carboxylic acids is 1. The molecule has 1 fully saturated rings. The number of nitrogens with zero attached hydrogens (tertiary/aromatic N) is 1. The Kier molecular flexibility index (Phi) is 7.20. The van der Waals surface area contributed by atoms with Crippen molar-refractivity contribution in [3.8, 4) is 5.75 Å². The number of rotatable bonds is 6. The molecule has 0 radical (unpaired) electrons. The average Bonchev–Trinajstić information content (AvgIpc) is 3.13. The molecule has 4 nitrogen and oxygen atoms in total. The first-order chi connectivity index (χ1) is 15.5. The highest BCUT2D eigenvalue weighted by molar-refractivity contribution is 8.18. The fraction of sp³-hybridized carbons (Fsp3) is 0.120. The molecule has 1 amide bonds. The summed E-state index contributed by atoms with van der Waals surface area (Å²) in [5.74, 6) is 0.552. The molecular formula is C25H20Cl2N2O2S. The van der Waals surface area contributed by atoms with Gasteiger partial charge in [-0.2, -0.15) is 0 Å². The zero-order valence-electron chi connectivity index (χ0n) is 17.3. The van der Waals surface area contributed by atoms with Crippen molar-refractivity contribution in [3.63, 3.8) is 0 Å². The molecular weight excluding hydrogens is 463 g/mol. The Bertz CT molecular complexity index is 1190. The smallest absolute Gasteiger partial charge is 0.264 e. The van der Waals surface area contributed by atoms with E-state index in [1.54, 1.807) is 12.1 Å². The first kappa shape index (κ1) is 22.5. The van der Waals surface area contributed by atoms with Gasteiger partial charge in [0.1, 0.15) is 12.4 Å². The van der Waals surface area contributed by atoms with Crippen LogP contribution in [0, 0.1) is 0 Å². The summed E-state index contributed by atoms with van der Waals surface area (Å²) in [5, 5.41) is 4.56. The summed E-state index contributed by atoms with van der Waals surface area (Å²) in [5.41, 5.74) is 3.82. The fourth-order valence-corrected chi connectivity index (χ4v) is 4.32. The van der Waals surface area contributed by atoms with Crippen LogP contribution in [0.3, 0.4) is 0 Å². The van der Waals surface area contributed by atoms with Crippen molar-refractivity contribution in [2.24, 2.45) is 4.99 Å². The number of aryl methyl sites for hydroxylation is 1. The van der Waals surface area contributed by atoms with E-state index in [0.29, 0.717) is 32.5 Å². The standard InChI is InChI=1S/C25H20Cl2N2O2S/c1-2-16-3-9-20(10-4-16)28-25-29-24(30)23(32-25)13-17-5-11-21(12-6-17)31-15-18-7-8-19(26)14-22(18)27/h3-14H,2,15H2,1H3,(H,28,29,30)/b23-13-. The fourth-order valence-electron chi connectivity index (χ4n) is 3.02. The van der Waals surface area contributed by atoms with Gasteiger partial charge in [0, 0.05) is 15.6 Å². The average molecular weight is 483 g/mol. The number of benzene rings is 3. The lowest BCUT2D eigenvalue weighted by atomic mass is 10.2. The third kappa shape index (κ3) is 5.74. The van der Waals surface area contributed by atoms with Gasteiger partial charge in [0.2, 0.25) is 0 Å². The number of amidine groups is 1. The number of nitrogens with one attached hydrogen (secondary N) is 1. The predicted octanol–water partition coefficient (Wildman–Crippen LogP) is 7.03. The Morgan fingerprint density at radius 1 is 1.03 bits per heavy atom. The Labute approximate surface area is 201 Å². The van der Waals surface area contributed by atoms with E-state index in [9.17, 15) is 4.79 Å².